The molecule has 1 fully saturated rings. The summed E-state index contributed by atoms with van der Waals surface area (Å²) in [6.07, 6.45) is 0. The maximum atomic E-state index is 13.3. The highest BCUT2D eigenvalue weighted by molar-refractivity contribution is 7.89. The molecule has 0 bridgehead atoms. The van der Waals surface area contributed by atoms with Gasteiger partial charge in [-0.2, -0.15) is 4.31 Å². The minimum Gasteiger partial charge on any atom is -0.456 e. The molecule has 0 unspecified atom stereocenters. The van der Waals surface area contributed by atoms with Crippen molar-refractivity contribution in [3.8, 4) is 0 Å². The Morgan fingerprint density at radius 3 is 2.35 bits per heavy atom. The Labute approximate surface area is 220 Å². The van der Waals surface area contributed by atoms with E-state index < -0.39 is 16.0 Å². The van der Waals surface area contributed by atoms with Crippen LogP contribution in [0.25, 0.3) is 0 Å². The lowest BCUT2D eigenvalue weighted by Gasteiger charge is -2.35. The molecular formula is C27H26N4O4S2. The van der Waals surface area contributed by atoms with Crippen LogP contribution in [-0.2, 0) is 21.4 Å². The number of piperazine rings is 1. The van der Waals surface area contributed by atoms with E-state index in [-0.39, 0.29) is 17.1 Å². The molecule has 0 radical (unpaired) electrons. The number of nitrogens with zero attached hydrogens (tertiary/aromatic N) is 3. The number of carbonyl (C=O) groups excluding carboxylic acids is 1. The summed E-state index contributed by atoms with van der Waals surface area (Å²) in [5.41, 5.74) is 2.78. The van der Waals surface area contributed by atoms with Crippen LogP contribution in [0, 0.1) is 0 Å². The summed E-state index contributed by atoms with van der Waals surface area (Å²) in [4.78, 5) is 19.4. The second-order valence-electron chi connectivity index (χ2n) is 8.47. The molecule has 10 heteroatoms. The van der Waals surface area contributed by atoms with Gasteiger partial charge >= 0.3 is 5.97 Å². The molecule has 1 aliphatic heterocycles. The fourth-order valence-corrected chi connectivity index (χ4v) is 6.24. The molecule has 1 aromatic heterocycles. The molecule has 0 amide bonds. The molecule has 190 valence electrons. The van der Waals surface area contributed by atoms with E-state index >= 15 is 0 Å². The zero-order valence-corrected chi connectivity index (χ0v) is 21.6. The summed E-state index contributed by atoms with van der Waals surface area (Å²) >= 11 is 1.41. The van der Waals surface area contributed by atoms with Gasteiger partial charge in [0.1, 0.15) is 6.61 Å². The third kappa shape index (κ3) is 5.99. The Hall–Kier alpha value is -3.73. The summed E-state index contributed by atoms with van der Waals surface area (Å²) in [5, 5.41) is 5.71. The number of rotatable bonds is 8. The van der Waals surface area contributed by atoms with Crippen LogP contribution in [0.15, 0.2) is 95.2 Å². The van der Waals surface area contributed by atoms with Crippen molar-refractivity contribution < 1.29 is 17.9 Å². The normalized spacial score (nSPS) is 14.3. The molecular weight excluding hydrogens is 508 g/mol. The first-order valence-corrected chi connectivity index (χ1v) is 14.1. The standard InChI is InChI=1S/C27H26N4O4S2/c32-26(35-19-23-20-36-27(29-23)28-22-9-3-1-4-10-22)21-8-7-13-25(18-21)37(33,34)31-16-14-30(15-17-31)24-11-5-2-6-12-24/h1-13,18,20H,14-17,19H2,(H,28,29). The Kier molecular flexibility index (Phi) is 7.50. The van der Waals surface area contributed by atoms with Crippen LogP contribution >= 0.6 is 11.3 Å². The Morgan fingerprint density at radius 1 is 0.919 bits per heavy atom. The molecule has 37 heavy (non-hydrogen) atoms. The van der Waals surface area contributed by atoms with E-state index in [0.717, 1.165) is 11.4 Å². The molecule has 8 nitrogen and oxygen atoms in total. The zero-order valence-electron chi connectivity index (χ0n) is 20.0. The molecule has 1 N–H and O–H groups in total. The van der Waals surface area contributed by atoms with E-state index in [2.05, 4.69) is 15.2 Å². The summed E-state index contributed by atoms with van der Waals surface area (Å²) in [7, 11) is -3.74. The van der Waals surface area contributed by atoms with Gasteiger partial charge in [-0.15, -0.1) is 11.3 Å². The van der Waals surface area contributed by atoms with Gasteiger partial charge in [-0.25, -0.2) is 18.2 Å². The van der Waals surface area contributed by atoms with Gasteiger partial charge in [0.2, 0.25) is 10.0 Å². The largest absolute Gasteiger partial charge is 0.456 e. The van der Waals surface area contributed by atoms with E-state index in [1.807, 2.05) is 66.0 Å². The third-order valence-electron chi connectivity index (χ3n) is 6.00. The predicted molar refractivity (Wildman–Crippen MR) is 145 cm³/mol. The lowest BCUT2D eigenvalue weighted by Crippen LogP contribution is -2.48. The van der Waals surface area contributed by atoms with Crippen molar-refractivity contribution in [3.05, 3.63) is 102 Å². The number of carbonyl (C=O) groups is 1. The van der Waals surface area contributed by atoms with Crippen LogP contribution in [-0.4, -0.2) is 49.9 Å². The van der Waals surface area contributed by atoms with E-state index in [4.69, 9.17) is 4.74 Å². The number of thiazole rings is 1. The maximum absolute atomic E-state index is 13.3. The molecule has 4 aromatic rings. The van der Waals surface area contributed by atoms with Crippen molar-refractivity contribution in [1.29, 1.82) is 0 Å². The van der Waals surface area contributed by atoms with Gasteiger partial charge in [-0.05, 0) is 42.5 Å². The predicted octanol–water partition coefficient (Wildman–Crippen LogP) is 4.75. The highest BCUT2D eigenvalue weighted by Gasteiger charge is 2.29. The monoisotopic (exact) mass is 534 g/mol. The van der Waals surface area contributed by atoms with Crippen LogP contribution in [0.5, 0.6) is 0 Å². The Balaban J connectivity index is 1.19. The summed E-state index contributed by atoms with van der Waals surface area (Å²) in [6.45, 7) is 1.92. The fraction of sp³-hybridized carbons (Fsp3) is 0.185. The van der Waals surface area contributed by atoms with Gasteiger partial charge in [0, 0.05) is 42.9 Å². The van der Waals surface area contributed by atoms with Crippen molar-refractivity contribution in [2.24, 2.45) is 0 Å². The van der Waals surface area contributed by atoms with Gasteiger partial charge in [0.25, 0.3) is 0 Å². The average molecular weight is 535 g/mol. The van der Waals surface area contributed by atoms with E-state index in [0.29, 0.717) is 37.0 Å². The number of anilines is 3. The minimum absolute atomic E-state index is 0.00970. The first kappa shape index (κ1) is 24.9. The molecule has 1 aliphatic rings. The van der Waals surface area contributed by atoms with E-state index in [1.165, 1.54) is 27.8 Å². The molecule has 0 spiro atoms. The van der Waals surface area contributed by atoms with Gasteiger partial charge < -0.3 is 15.0 Å². The molecule has 0 saturated carbocycles. The SMILES string of the molecule is O=C(OCc1csc(Nc2ccccc2)n1)c1cccc(S(=O)(=O)N2CCN(c3ccccc3)CC2)c1. The van der Waals surface area contributed by atoms with E-state index in [1.54, 1.807) is 12.1 Å². The number of aromatic nitrogens is 1. The van der Waals surface area contributed by atoms with Gasteiger partial charge in [-0.3, -0.25) is 0 Å². The first-order chi connectivity index (χ1) is 18.0. The second kappa shape index (κ2) is 11.1. The molecule has 0 atom stereocenters. The maximum Gasteiger partial charge on any atom is 0.338 e. The molecule has 5 rings (SSSR count). The number of esters is 1. The van der Waals surface area contributed by atoms with Crippen molar-refractivity contribution in [3.63, 3.8) is 0 Å². The van der Waals surface area contributed by atoms with Crippen molar-refractivity contribution in [1.82, 2.24) is 9.29 Å². The molecule has 2 heterocycles. The quantitative estimate of drug-likeness (QED) is 0.326. The van der Waals surface area contributed by atoms with Crippen molar-refractivity contribution >= 4 is 43.8 Å². The second-order valence-corrected chi connectivity index (χ2v) is 11.3. The number of hydrogen-bond donors (Lipinski definition) is 1. The van der Waals surface area contributed by atoms with Crippen molar-refractivity contribution in [2.75, 3.05) is 36.4 Å². The Morgan fingerprint density at radius 2 is 1.62 bits per heavy atom. The van der Waals surface area contributed by atoms with Crippen LogP contribution in [0.1, 0.15) is 16.1 Å². The Bertz CT molecular complexity index is 1450. The number of hydrogen-bond acceptors (Lipinski definition) is 8. The van der Waals surface area contributed by atoms with Gasteiger partial charge in [0.05, 0.1) is 16.2 Å². The zero-order chi connectivity index (χ0) is 25.7. The van der Waals surface area contributed by atoms with Gasteiger partial charge in [0.15, 0.2) is 5.13 Å². The van der Waals surface area contributed by atoms with Gasteiger partial charge in [-0.1, -0.05) is 42.5 Å². The smallest absolute Gasteiger partial charge is 0.338 e. The highest BCUT2D eigenvalue weighted by Crippen LogP contribution is 2.23. The van der Waals surface area contributed by atoms with Crippen LogP contribution in [0.3, 0.4) is 0 Å². The van der Waals surface area contributed by atoms with Crippen LogP contribution in [0.2, 0.25) is 0 Å². The van der Waals surface area contributed by atoms with Crippen LogP contribution < -0.4 is 10.2 Å². The minimum atomic E-state index is -3.74. The average Bonchev–Trinajstić information content (AvgIpc) is 3.40. The number of nitrogens with one attached hydrogen (secondary N) is 1. The number of sulfonamides is 1. The summed E-state index contributed by atoms with van der Waals surface area (Å²) in [6, 6.07) is 25.6. The van der Waals surface area contributed by atoms with Crippen molar-refractivity contribution in [2.45, 2.75) is 11.5 Å². The summed E-state index contributed by atoms with van der Waals surface area (Å²) in [5.74, 6) is -0.600. The molecule has 3 aromatic carbocycles. The van der Waals surface area contributed by atoms with E-state index in [9.17, 15) is 13.2 Å². The first-order valence-electron chi connectivity index (χ1n) is 11.8. The lowest BCUT2D eigenvalue weighted by molar-refractivity contribution is 0.0468. The molecule has 1 saturated heterocycles. The fourth-order valence-electron chi connectivity index (χ4n) is 4.06. The number of ether oxygens (including phenoxy) is 1. The number of benzene rings is 3. The lowest BCUT2D eigenvalue weighted by atomic mass is 10.2. The summed E-state index contributed by atoms with van der Waals surface area (Å²) < 4.78 is 33.4. The highest BCUT2D eigenvalue weighted by atomic mass is 32.2. The number of para-hydroxylation sites is 2. The molecule has 0 aliphatic carbocycles. The van der Waals surface area contributed by atoms with Crippen LogP contribution in [0.4, 0.5) is 16.5 Å². The topological polar surface area (TPSA) is 91.8 Å². The third-order valence-corrected chi connectivity index (χ3v) is 8.70.